The molecule has 0 aliphatic heterocycles. The average molecular weight is 285 g/mol. The lowest BCUT2D eigenvalue weighted by Crippen LogP contribution is -2.40. The number of benzene rings is 1. The molecule has 0 fully saturated rings. The first-order valence-electron chi connectivity index (χ1n) is 6.07. The number of aromatic nitrogens is 4. The van der Waals surface area contributed by atoms with Crippen molar-refractivity contribution in [2.45, 2.75) is 0 Å². The smallest absolute Gasteiger partial charge is 0.349 e. The molecule has 2 aromatic heterocycles. The predicted octanol–water partition coefficient (Wildman–Crippen LogP) is 0.471. The van der Waals surface area contributed by atoms with Crippen LogP contribution in [0.15, 0.2) is 46.2 Å². The maximum Gasteiger partial charge on any atom is 0.349 e. The zero-order valence-electron chi connectivity index (χ0n) is 11.0. The largest absolute Gasteiger partial charge is 0.424 e. The minimum absolute atomic E-state index is 0.0356. The fourth-order valence-corrected chi connectivity index (χ4v) is 1.99. The Labute approximate surface area is 117 Å². The lowest BCUT2D eigenvalue weighted by atomic mass is 10.3. The molecule has 8 heteroatoms. The molecular weight excluding hydrogens is 274 g/mol. The Bertz CT molecular complexity index is 930. The SMILES string of the molecule is Cn1c(=O)c(=O)n(O)c2c(Nc3ccccc3)ncnc21. The van der Waals surface area contributed by atoms with Gasteiger partial charge in [0, 0.05) is 12.7 Å². The van der Waals surface area contributed by atoms with Crippen molar-refractivity contribution in [1.82, 2.24) is 19.3 Å². The summed E-state index contributed by atoms with van der Waals surface area (Å²) in [5, 5.41) is 12.9. The van der Waals surface area contributed by atoms with Gasteiger partial charge in [-0.15, -0.1) is 4.73 Å². The van der Waals surface area contributed by atoms with Crippen molar-refractivity contribution < 1.29 is 5.21 Å². The van der Waals surface area contributed by atoms with E-state index in [0.29, 0.717) is 0 Å². The van der Waals surface area contributed by atoms with Crippen molar-refractivity contribution in [1.29, 1.82) is 0 Å². The van der Waals surface area contributed by atoms with Gasteiger partial charge in [-0.05, 0) is 12.1 Å². The van der Waals surface area contributed by atoms with Crippen molar-refractivity contribution >= 4 is 22.7 Å². The van der Waals surface area contributed by atoms with Crippen LogP contribution in [0.25, 0.3) is 11.2 Å². The van der Waals surface area contributed by atoms with E-state index >= 15 is 0 Å². The fraction of sp³-hybridized carbons (Fsp3) is 0.0769. The predicted molar refractivity (Wildman–Crippen MR) is 75.9 cm³/mol. The van der Waals surface area contributed by atoms with E-state index in [1.165, 1.54) is 13.4 Å². The van der Waals surface area contributed by atoms with Crippen LogP contribution < -0.4 is 16.4 Å². The lowest BCUT2D eigenvalue weighted by molar-refractivity contribution is 0.186. The molecule has 2 N–H and O–H groups in total. The van der Waals surface area contributed by atoms with Gasteiger partial charge in [-0.25, -0.2) is 9.97 Å². The third-order valence-electron chi connectivity index (χ3n) is 3.05. The molecule has 1 aromatic carbocycles. The van der Waals surface area contributed by atoms with Crippen LogP contribution in [0, 0.1) is 0 Å². The Balaban J connectivity index is 2.30. The van der Waals surface area contributed by atoms with E-state index in [4.69, 9.17) is 0 Å². The van der Waals surface area contributed by atoms with Gasteiger partial charge in [0.05, 0.1) is 0 Å². The molecule has 106 valence electrons. The second-order valence-electron chi connectivity index (χ2n) is 4.37. The number of nitrogens with one attached hydrogen (secondary N) is 1. The molecule has 2 heterocycles. The summed E-state index contributed by atoms with van der Waals surface area (Å²) >= 11 is 0. The summed E-state index contributed by atoms with van der Waals surface area (Å²) in [6.07, 6.45) is 1.25. The van der Waals surface area contributed by atoms with Gasteiger partial charge in [-0.3, -0.25) is 14.2 Å². The molecule has 0 bridgehead atoms. The van der Waals surface area contributed by atoms with Crippen LogP contribution in [0.2, 0.25) is 0 Å². The summed E-state index contributed by atoms with van der Waals surface area (Å²) in [7, 11) is 1.41. The Hall–Kier alpha value is -3.16. The van der Waals surface area contributed by atoms with Crippen LogP contribution >= 0.6 is 0 Å². The molecule has 0 unspecified atom stereocenters. The number of para-hydroxylation sites is 1. The highest BCUT2D eigenvalue weighted by atomic mass is 16.5. The van der Waals surface area contributed by atoms with E-state index in [1.54, 1.807) is 12.1 Å². The van der Waals surface area contributed by atoms with Crippen molar-refractivity contribution in [3.05, 3.63) is 57.4 Å². The van der Waals surface area contributed by atoms with Gasteiger partial charge in [0.2, 0.25) is 0 Å². The normalized spacial score (nSPS) is 10.7. The lowest BCUT2D eigenvalue weighted by Gasteiger charge is -2.11. The molecule has 0 atom stereocenters. The maximum absolute atomic E-state index is 11.7. The highest BCUT2D eigenvalue weighted by Crippen LogP contribution is 2.20. The fourth-order valence-electron chi connectivity index (χ4n) is 1.99. The monoisotopic (exact) mass is 285 g/mol. The molecule has 0 amide bonds. The number of aryl methyl sites for hydroxylation is 1. The van der Waals surface area contributed by atoms with E-state index in [9.17, 15) is 14.8 Å². The maximum atomic E-state index is 11.7. The van der Waals surface area contributed by atoms with E-state index in [0.717, 1.165) is 10.3 Å². The van der Waals surface area contributed by atoms with Gasteiger partial charge in [0.25, 0.3) is 0 Å². The molecule has 0 aliphatic carbocycles. The van der Waals surface area contributed by atoms with Crippen LogP contribution in [0.5, 0.6) is 0 Å². The summed E-state index contributed by atoms with van der Waals surface area (Å²) in [6.45, 7) is 0. The molecule has 0 spiro atoms. The number of hydrogen-bond acceptors (Lipinski definition) is 6. The molecule has 0 radical (unpaired) electrons. The van der Waals surface area contributed by atoms with Gasteiger partial charge < -0.3 is 10.5 Å². The van der Waals surface area contributed by atoms with E-state index in [-0.39, 0.29) is 21.7 Å². The molecule has 0 saturated heterocycles. The third-order valence-corrected chi connectivity index (χ3v) is 3.05. The van der Waals surface area contributed by atoms with Crippen molar-refractivity contribution in [3.63, 3.8) is 0 Å². The molecule has 3 rings (SSSR count). The summed E-state index contributed by atoms with van der Waals surface area (Å²) in [4.78, 5) is 31.3. The standard InChI is InChI=1S/C13H11N5O3/c1-17-11-9(18(21)13(20)12(17)19)10(14-7-15-11)16-8-5-3-2-4-6-8/h2-7,21H,1H3,(H,14,15,16). The quantitative estimate of drug-likeness (QED) is 0.524. The number of hydrogen-bond donors (Lipinski definition) is 2. The highest BCUT2D eigenvalue weighted by Gasteiger charge is 2.15. The Kier molecular flexibility index (Phi) is 2.90. The second kappa shape index (κ2) is 4.75. The Morgan fingerprint density at radius 3 is 2.52 bits per heavy atom. The first-order chi connectivity index (χ1) is 10.1. The molecular formula is C13H11N5O3. The van der Waals surface area contributed by atoms with Crippen molar-refractivity contribution in [2.75, 3.05) is 5.32 Å². The molecule has 0 saturated carbocycles. The topological polar surface area (TPSA) is 102 Å². The Morgan fingerprint density at radius 2 is 1.81 bits per heavy atom. The van der Waals surface area contributed by atoms with Crippen LogP contribution in [0.3, 0.4) is 0 Å². The first kappa shape index (κ1) is 12.9. The molecule has 8 nitrogen and oxygen atoms in total. The van der Waals surface area contributed by atoms with Crippen LogP contribution in [0.4, 0.5) is 11.5 Å². The van der Waals surface area contributed by atoms with E-state index < -0.39 is 11.1 Å². The summed E-state index contributed by atoms with van der Waals surface area (Å²) in [5.41, 5.74) is -1.02. The second-order valence-corrected chi connectivity index (χ2v) is 4.37. The van der Waals surface area contributed by atoms with Crippen LogP contribution in [-0.4, -0.2) is 24.5 Å². The molecule has 21 heavy (non-hydrogen) atoms. The average Bonchev–Trinajstić information content (AvgIpc) is 2.51. The van der Waals surface area contributed by atoms with Crippen LogP contribution in [-0.2, 0) is 7.05 Å². The number of fused-ring (bicyclic) bond motifs is 1. The van der Waals surface area contributed by atoms with Gasteiger partial charge in [0.15, 0.2) is 17.0 Å². The van der Waals surface area contributed by atoms with E-state index in [1.807, 2.05) is 18.2 Å². The molecule has 0 aliphatic rings. The van der Waals surface area contributed by atoms with Gasteiger partial charge in [-0.1, -0.05) is 18.2 Å². The van der Waals surface area contributed by atoms with Gasteiger partial charge in [0.1, 0.15) is 6.33 Å². The van der Waals surface area contributed by atoms with Crippen molar-refractivity contribution in [2.24, 2.45) is 7.05 Å². The summed E-state index contributed by atoms with van der Waals surface area (Å²) in [5.74, 6) is 0.224. The van der Waals surface area contributed by atoms with Crippen LogP contribution in [0.1, 0.15) is 0 Å². The van der Waals surface area contributed by atoms with Gasteiger partial charge in [-0.2, -0.15) is 0 Å². The zero-order valence-corrected chi connectivity index (χ0v) is 11.0. The third kappa shape index (κ3) is 2.02. The highest BCUT2D eigenvalue weighted by molar-refractivity contribution is 5.84. The number of nitrogens with zero attached hydrogens (tertiary/aromatic N) is 4. The minimum Gasteiger partial charge on any atom is -0.424 e. The molecule has 3 aromatic rings. The summed E-state index contributed by atoms with van der Waals surface area (Å²) < 4.78 is 1.34. The van der Waals surface area contributed by atoms with E-state index in [2.05, 4.69) is 15.3 Å². The minimum atomic E-state index is -1.06. The summed E-state index contributed by atoms with van der Waals surface area (Å²) in [6, 6.07) is 9.11. The number of anilines is 2. The first-order valence-corrected chi connectivity index (χ1v) is 6.07. The van der Waals surface area contributed by atoms with Crippen molar-refractivity contribution in [3.8, 4) is 0 Å². The Morgan fingerprint density at radius 1 is 1.10 bits per heavy atom. The van der Waals surface area contributed by atoms with Gasteiger partial charge >= 0.3 is 11.1 Å². The number of rotatable bonds is 2. The zero-order chi connectivity index (χ0) is 15.0.